The molecule has 2 N–H and O–H groups in total. The second kappa shape index (κ2) is 2.89. The van der Waals surface area contributed by atoms with Gasteiger partial charge in [0.05, 0.1) is 0 Å². The second-order valence-corrected chi connectivity index (χ2v) is 1.58. The first-order valence-corrected chi connectivity index (χ1v) is 2.61. The summed E-state index contributed by atoms with van der Waals surface area (Å²) in [6.07, 6.45) is 0. The predicted octanol–water partition coefficient (Wildman–Crippen LogP) is -0.959. The molecule has 0 radical (unpaired) electrons. The monoisotopic (exact) mass is 140 g/mol. The van der Waals surface area contributed by atoms with Gasteiger partial charge in [-0.25, -0.2) is 4.21 Å². The van der Waals surface area contributed by atoms with Crippen LogP contribution in [0.25, 0.3) is 0 Å². The molecule has 0 aromatic rings. The maximum absolute atomic E-state index is 9.42. The number of hydrogen-bond donors (Lipinski definition) is 1. The van der Waals surface area contributed by atoms with Gasteiger partial charge in [0.25, 0.3) is 5.17 Å². The predicted molar refractivity (Wildman–Crippen MR) is 26.8 cm³/mol. The van der Waals surface area contributed by atoms with Crippen LogP contribution in [0.2, 0.25) is 0 Å². The fraction of sp³-hybridized carbons (Fsp3) is 0. The molecule has 4 nitrogen and oxygen atoms in total. The van der Waals surface area contributed by atoms with E-state index in [1.807, 2.05) is 0 Å². The van der Waals surface area contributed by atoms with Crippen molar-refractivity contribution >= 4 is 28.8 Å². The van der Waals surface area contributed by atoms with Crippen molar-refractivity contribution < 1.29 is 12.9 Å². The lowest BCUT2D eigenvalue weighted by molar-refractivity contribution is 0.438. The Hall–Kier alpha value is -0.200. The lowest BCUT2D eigenvalue weighted by Crippen LogP contribution is -2.13. The molecule has 0 aliphatic carbocycles. The number of thiocarbonyl (C=S) groups is 1. The van der Waals surface area contributed by atoms with Gasteiger partial charge in [-0.3, -0.25) is 0 Å². The van der Waals surface area contributed by atoms with E-state index in [0.717, 1.165) is 0 Å². The molecule has 7 heavy (non-hydrogen) atoms. The van der Waals surface area contributed by atoms with Gasteiger partial charge in [0.15, 0.2) is 0 Å². The molecule has 0 amide bonds. The summed E-state index contributed by atoms with van der Waals surface area (Å²) in [5.74, 6) is 0. The molecule has 0 saturated heterocycles. The largest absolute Gasteiger partial charge is 0.740 e. The normalized spacial score (nSPS) is 12.7. The topological polar surface area (TPSA) is 75.4 Å². The third kappa shape index (κ3) is 5.80. The summed E-state index contributed by atoms with van der Waals surface area (Å²) in [5.41, 5.74) is 4.61. The Bertz CT molecular complexity index is 89.1. The van der Waals surface area contributed by atoms with Crippen LogP contribution in [0.4, 0.5) is 0 Å². The smallest absolute Gasteiger partial charge is 0.268 e. The fourth-order valence-corrected chi connectivity index (χ4v) is 0.368. The summed E-state index contributed by atoms with van der Waals surface area (Å²) < 4.78 is 22.5. The molecular weight excluding hydrogens is 138 g/mol. The maximum Gasteiger partial charge on any atom is 0.268 e. The van der Waals surface area contributed by atoms with E-state index in [-0.39, 0.29) is 0 Å². The van der Waals surface area contributed by atoms with E-state index in [1.54, 1.807) is 0 Å². The van der Waals surface area contributed by atoms with E-state index in [9.17, 15) is 8.76 Å². The van der Waals surface area contributed by atoms with Gasteiger partial charge in [-0.15, -0.1) is 0 Å². The van der Waals surface area contributed by atoms with Crippen LogP contribution in [0, 0.1) is 0 Å². The summed E-state index contributed by atoms with van der Waals surface area (Å²) >= 11 is 1.42. The summed E-state index contributed by atoms with van der Waals surface area (Å²) in [4.78, 5) is 0. The minimum atomic E-state index is -2.61. The summed E-state index contributed by atoms with van der Waals surface area (Å²) in [7, 11) is 0. The van der Waals surface area contributed by atoms with Crippen molar-refractivity contribution in [3.63, 3.8) is 0 Å². The highest BCUT2D eigenvalue weighted by Crippen LogP contribution is 1.75. The van der Waals surface area contributed by atoms with Gasteiger partial charge in [0.1, 0.15) is 11.4 Å². The van der Waals surface area contributed by atoms with Crippen molar-refractivity contribution in [3.8, 4) is 0 Å². The van der Waals surface area contributed by atoms with Crippen LogP contribution in [0.15, 0.2) is 0 Å². The average molecular weight is 140 g/mol. The molecule has 42 valence electrons. The van der Waals surface area contributed by atoms with Crippen LogP contribution in [-0.2, 0) is 15.5 Å². The van der Waals surface area contributed by atoms with Crippen LogP contribution in [0.3, 0.4) is 0 Å². The van der Waals surface area contributed by atoms with Gasteiger partial charge in [-0.2, -0.15) is 0 Å². The second-order valence-electron chi connectivity index (χ2n) is 0.606. The van der Waals surface area contributed by atoms with Crippen LogP contribution in [0.5, 0.6) is 0 Å². The number of hydrogen-bond acceptors (Lipinski definition) is 4. The van der Waals surface area contributed by atoms with Gasteiger partial charge in [0.2, 0.25) is 0 Å². The highest BCUT2D eigenvalue weighted by atomic mass is 32.2. The minimum absolute atomic E-state index is 0.492. The molecule has 0 rings (SSSR count). The highest BCUT2D eigenvalue weighted by molar-refractivity contribution is 7.82. The zero-order valence-electron chi connectivity index (χ0n) is 3.12. The molecule has 0 aromatic heterocycles. The Morgan fingerprint density at radius 3 is 2.43 bits per heavy atom. The summed E-state index contributed by atoms with van der Waals surface area (Å²) in [5, 5.41) is -0.492. The molecule has 1 unspecified atom stereocenters. The zero-order chi connectivity index (χ0) is 5.86. The van der Waals surface area contributed by atoms with Crippen LogP contribution >= 0.6 is 12.2 Å². The molecule has 0 heterocycles. The quantitative estimate of drug-likeness (QED) is 0.375. The third-order valence-corrected chi connectivity index (χ3v) is 0.655. The number of rotatable bonds is 1. The summed E-state index contributed by atoms with van der Waals surface area (Å²) in [6, 6.07) is 0. The molecule has 0 bridgehead atoms. The van der Waals surface area contributed by atoms with E-state index in [0.29, 0.717) is 0 Å². The van der Waals surface area contributed by atoms with Gasteiger partial charge in [0, 0.05) is 0 Å². The van der Waals surface area contributed by atoms with Crippen molar-refractivity contribution in [2.45, 2.75) is 0 Å². The first-order chi connectivity index (χ1) is 3.13. The molecule has 1 atom stereocenters. The molecule has 0 aromatic carbocycles. The Kier molecular flexibility index (Phi) is 2.81. The van der Waals surface area contributed by atoms with Crippen molar-refractivity contribution in [1.82, 2.24) is 0 Å². The Morgan fingerprint density at radius 1 is 2.00 bits per heavy atom. The lowest BCUT2D eigenvalue weighted by Gasteiger charge is -2.01. The first-order valence-electron chi connectivity index (χ1n) is 1.20. The fourth-order valence-electron chi connectivity index (χ4n) is 0.0671. The van der Waals surface area contributed by atoms with Crippen LogP contribution < -0.4 is 5.73 Å². The molecular formula is CH2NO3S2-. The maximum atomic E-state index is 9.42. The van der Waals surface area contributed by atoms with Gasteiger partial charge in [-0.05, 0) is 12.2 Å². The molecule has 0 saturated carbocycles. The van der Waals surface area contributed by atoms with Crippen LogP contribution in [0.1, 0.15) is 0 Å². The summed E-state index contributed by atoms with van der Waals surface area (Å²) in [6.45, 7) is 0. The molecule has 0 aliphatic heterocycles. The van der Waals surface area contributed by atoms with E-state index in [1.165, 1.54) is 0 Å². The third-order valence-electron chi connectivity index (χ3n) is 0.150. The van der Waals surface area contributed by atoms with Crippen LogP contribution in [-0.4, -0.2) is 13.9 Å². The minimum Gasteiger partial charge on any atom is -0.740 e. The van der Waals surface area contributed by atoms with E-state index in [2.05, 4.69) is 22.1 Å². The van der Waals surface area contributed by atoms with Gasteiger partial charge in [-0.1, -0.05) is 0 Å². The van der Waals surface area contributed by atoms with E-state index >= 15 is 0 Å². The standard InChI is InChI=1S/CH3NO3S2/c2-1(6)5-7(3)4/h(H2,2,6)(H,3,4)/p-1. The van der Waals surface area contributed by atoms with Crippen molar-refractivity contribution in [3.05, 3.63) is 0 Å². The SMILES string of the molecule is NC(=S)OS(=O)[O-]. The first kappa shape index (κ1) is 6.80. The lowest BCUT2D eigenvalue weighted by atomic mass is 11.4. The van der Waals surface area contributed by atoms with E-state index in [4.69, 9.17) is 0 Å². The van der Waals surface area contributed by atoms with E-state index < -0.39 is 16.5 Å². The molecule has 0 spiro atoms. The Balaban J connectivity index is 3.32. The van der Waals surface area contributed by atoms with Gasteiger partial charge < -0.3 is 14.5 Å². The van der Waals surface area contributed by atoms with Crippen molar-refractivity contribution in [2.24, 2.45) is 5.73 Å². The molecule has 0 aliphatic rings. The highest BCUT2D eigenvalue weighted by Gasteiger charge is 1.82. The molecule has 0 fully saturated rings. The zero-order valence-corrected chi connectivity index (χ0v) is 4.75. The number of nitrogens with two attached hydrogens (primary N) is 1. The molecule has 6 heteroatoms. The Morgan fingerprint density at radius 2 is 2.43 bits per heavy atom. The van der Waals surface area contributed by atoms with Crippen molar-refractivity contribution in [1.29, 1.82) is 0 Å². The van der Waals surface area contributed by atoms with Crippen molar-refractivity contribution in [2.75, 3.05) is 0 Å². The average Bonchev–Trinajstić information content (AvgIpc) is 1.27. The Labute approximate surface area is 48.1 Å². The van der Waals surface area contributed by atoms with Gasteiger partial charge >= 0.3 is 0 Å².